The zero-order valence-electron chi connectivity index (χ0n) is 13.3. The van der Waals surface area contributed by atoms with E-state index >= 15 is 0 Å². The predicted molar refractivity (Wildman–Crippen MR) is 85.5 cm³/mol. The minimum atomic E-state index is -3.35. The molecular weight excluding hydrogens is 288 g/mol. The van der Waals surface area contributed by atoms with Crippen molar-refractivity contribution in [3.8, 4) is 0 Å². The highest BCUT2D eigenvalue weighted by Gasteiger charge is 2.26. The van der Waals surface area contributed by atoms with Crippen LogP contribution in [0.15, 0.2) is 0 Å². The highest BCUT2D eigenvalue weighted by atomic mass is 32.2. The molecule has 2 N–H and O–H groups in total. The van der Waals surface area contributed by atoms with Crippen LogP contribution in [0.5, 0.6) is 0 Å². The summed E-state index contributed by atoms with van der Waals surface area (Å²) in [5, 5.41) is 3.41. The van der Waals surface area contributed by atoms with Gasteiger partial charge in [0.25, 0.3) is 10.2 Å². The van der Waals surface area contributed by atoms with E-state index in [0.29, 0.717) is 12.6 Å². The van der Waals surface area contributed by atoms with E-state index < -0.39 is 10.2 Å². The van der Waals surface area contributed by atoms with Gasteiger partial charge in [-0.2, -0.15) is 17.4 Å². The van der Waals surface area contributed by atoms with Gasteiger partial charge < -0.3 is 10.2 Å². The van der Waals surface area contributed by atoms with E-state index in [1.165, 1.54) is 17.1 Å². The molecule has 1 aliphatic carbocycles. The molecule has 1 saturated carbocycles. The van der Waals surface area contributed by atoms with Gasteiger partial charge in [0.1, 0.15) is 0 Å². The fourth-order valence-electron chi connectivity index (χ4n) is 2.76. The van der Waals surface area contributed by atoms with E-state index in [1.54, 1.807) is 7.05 Å². The molecule has 2 aliphatic rings. The van der Waals surface area contributed by atoms with Crippen molar-refractivity contribution in [2.75, 3.05) is 39.8 Å². The first kappa shape index (κ1) is 17.1. The van der Waals surface area contributed by atoms with Gasteiger partial charge in [-0.1, -0.05) is 6.92 Å². The van der Waals surface area contributed by atoms with Crippen LogP contribution in [-0.4, -0.2) is 69.5 Å². The number of piperidine rings is 1. The topological polar surface area (TPSA) is 64.7 Å². The average molecular weight is 318 g/mol. The lowest BCUT2D eigenvalue weighted by Crippen LogP contribution is -2.51. The monoisotopic (exact) mass is 318 g/mol. The van der Waals surface area contributed by atoms with Crippen LogP contribution in [0, 0.1) is 0 Å². The Labute approximate surface area is 129 Å². The number of nitrogens with zero attached hydrogens (tertiary/aromatic N) is 2. The Morgan fingerprint density at radius 1 is 1.24 bits per heavy atom. The lowest BCUT2D eigenvalue weighted by atomic mass is 10.1. The minimum absolute atomic E-state index is 0.0516. The van der Waals surface area contributed by atoms with Gasteiger partial charge in [0.15, 0.2) is 0 Å². The summed E-state index contributed by atoms with van der Waals surface area (Å²) in [5.41, 5.74) is 0. The summed E-state index contributed by atoms with van der Waals surface area (Å²) in [6, 6.07) is 0.739. The van der Waals surface area contributed by atoms with Crippen LogP contribution in [0.25, 0.3) is 0 Å². The maximum atomic E-state index is 12.3. The molecule has 2 rings (SSSR count). The van der Waals surface area contributed by atoms with E-state index in [1.807, 2.05) is 0 Å². The highest BCUT2D eigenvalue weighted by Crippen LogP contribution is 2.18. The SMILES string of the molecule is CCN1CCCC(NS(=O)(=O)N(C)CCCNC2CC2)C1. The van der Waals surface area contributed by atoms with Crippen LogP contribution >= 0.6 is 0 Å². The molecular formula is C14H30N4O2S. The maximum Gasteiger partial charge on any atom is 0.279 e. The van der Waals surface area contributed by atoms with Crippen molar-refractivity contribution >= 4 is 10.2 Å². The van der Waals surface area contributed by atoms with E-state index in [-0.39, 0.29) is 6.04 Å². The molecule has 1 unspecified atom stereocenters. The molecule has 0 radical (unpaired) electrons. The second-order valence-corrected chi connectivity index (χ2v) is 8.07. The molecule has 0 aromatic heterocycles. The standard InChI is InChI=1S/C14H30N4O2S/c1-3-18-11-4-6-14(12-18)16-21(19,20)17(2)10-5-9-15-13-7-8-13/h13-16H,3-12H2,1-2H3. The van der Waals surface area contributed by atoms with Crippen LogP contribution in [-0.2, 0) is 10.2 Å². The van der Waals surface area contributed by atoms with Gasteiger partial charge in [-0.3, -0.25) is 0 Å². The van der Waals surface area contributed by atoms with Crippen molar-refractivity contribution in [3.63, 3.8) is 0 Å². The molecule has 1 aliphatic heterocycles. The van der Waals surface area contributed by atoms with E-state index in [2.05, 4.69) is 21.9 Å². The first-order chi connectivity index (χ1) is 10.0. The lowest BCUT2D eigenvalue weighted by Gasteiger charge is -2.33. The largest absolute Gasteiger partial charge is 0.314 e. The molecule has 0 aromatic carbocycles. The number of likely N-dealkylation sites (N-methyl/N-ethyl adjacent to an activating group) is 1. The third-order valence-corrected chi connectivity index (χ3v) is 5.97. The summed E-state index contributed by atoms with van der Waals surface area (Å²) < 4.78 is 28.9. The smallest absolute Gasteiger partial charge is 0.279 e. The van der Waals surface area contributed by atoms with E-state index in [9.17, 15) is 8.42 Å². The van der Waals surface area contributed by atoms with Crippen LogP contribution in [0.1, 0.15) is 39.0 Å². The molecule has 0 aromatic rings. The highest BCUT2D eigenvalue weighted by molar-refractivity contribution is 7.87. The molecule has 0 spiro atoms. The molecule has 0 amide bonds. The Hall–Kier alpha value is -0.210. The molecule has 1 atom stereocenters. The van der Waals surface area contributed by atoms with Crippen molar-refractivity contribution in [2.24, 2.45) is 0 Å². The summed E-state index contributed by atoms with van der Waals surface area (Å²) >= 11 is 0. The van der Waals surface area contributed by atoms with Crippen LogP contribution < -0.4 is 10.0 Å². The predicted octanol–water partition coefficient (Wildman–Crippen LogP) is 0.379. The molecule has 124 valence electrons. The Balaban J connectivity index is 1.71. The Kier molecular flexibility index (Phi) is 6.43. The number of likely N-dealkylation sites (tertiary alicyclic amines) is 1. The first-order valence-corrected chi connectivity index (χ1v) is 9.64. The van der Waals surface area contributed by atoms with Gasteiger partial charge in [0, 0.05) is 32.2 Å². The second-order valence-electron chi connectivity index (χ2n) is 6.26. The quantitative estimate of drug-likeness (QED) is 0.603. The van der Waals surface area contributed by atoms with Crippen LogP contribution in [0.4, 0.5) is 0 Å². The van der Waals surface area contributed by atoms with Gasteiger partial charge in [-0.25, -0.2) is 0 Å². The Morgan fingerprint density at radius 2 is 2.00 bits per heavy atom. The summed E-state index contributed by atoms with van der Waals surface area (Å²) in [5.74, 6) is 0. The van der Waals surface area contributed by atoms with Crippen molar-refractivity contribution in [3.05, 3.63) is 0 Å². The van der Waals surface area contributed by atoms with Crippen molar-refractivity contribution in [1.29, 1.82) is 0 Å². The average Bonchev–Trinajstić information content (AvgIpc) is 3.27. The first-order valence-electron chi connectivity index (χ1n) is 8.20. The number of hydrogen-bond acceptors (Lipinski definition) is 4. The van der Waals surface area contributed by atoms with Crippen molar-refractivity contribution in [2.45, 2.75) is 51.1 Å². The van der Waals surface area contributed by atoms with Gasteiger partial charge >= 0.3 is 0 Å². The Bertz CT molecular complexity index is 411. The summed E-state index contributed by atoms with van der Waals surface area (Å²) in [4.78, 5) is 2.30. The number of nitrogens with one attached hydrogen (secondary N) is 2. The molecule has 1 saturated heterocycles. The normalized spacial score (nSPS) is 24.6. The molecule has 2 fully saturated rings. The summed E-state index contributed by atoms with van der Waals surface area (Å²) in [7, 11) is -1.68. The fourth-order valence-corrected chi connectivity index (χ4v) is 3.92. The number of rotatable bonds is 9. The zero-order chi connectivity index (χ0) is 15.3. The van der Waals surface area contributed by atoms with Gasteiger partial charge in [-0.15, -0.1) is 0 Å². The zero-order valence-corrected chi connectivity index (χ0v) is 14.2. The van der Waals surface area contributed by atoms with Crippen molar-refractivity contribution < 1.29 is 8.42 Å². The van der Waals surface area contributed by atoms with Gasteiger partial charge in [0.05, 0.1) is 0 Å². The minimum Gasteiger partial charge on any atom is -0.314 e. The van der Waals surface area contributed by atoms with Crippen LogP contribution in [0.2, 0.25) is 0 Å². The maximum absolute atomic E-state index is 12.3. The molecule has 1 heterocycles. The molecule has 6 nitrogen and oxygen atoms in total. The third-order valence-electron chi connectivity index (χ3n) is 4.34. The summed E-state index contributed by atoms with van der Waals surface area (Å²) in [6.07, 6.45) is 5.40. The molecule has 21 heavy (non-hydrogen) atoms. The molecule has 7 heteroatoms. The summed E-state index contributed by atoms with van der Waals surface area (Å²) in [6.45, 7) is 6.48. The van der Waals surface area contributed by atoms with Gasteiger partial charge in [0.2, 0.25) is 0 Å². The second kappa shape index (κ2) is 7.87. The Morgan fingerprint density at radius 3 is 2.67 bits per heavy atom. The lowest BCUT2D eigenvalue weighted by molar-refractivity contribution is 0.210. The molecule has 0 bridgehead atoms. The van der Waals surface area contributed by atoms with E-state index in [4.69, 9.17) is 0 Å². The van der Waals surface area contributed by atoms with Crippen molar-refractivity contribution in [1.82, 2.24) is 19.2 Å². The number of hydrogen-bond donors (Lipinski definition) is 2. The van der Waals surface area contributed by atoms with E-state index in [0.717, 1.165) is 45.4 Å². The third kappa shape index (κ3) is 5.83. The van der Waals surface area contributed by atoms with Crippen LogP contribution in [0.3, 0.4) is 0 Å². The fraction of sp³-hybridized carbons (Fsp3) is 1.00. The van der Waals surface area contributed by atoms with Gasteiger partial charge in [-0.05, 0) is 51.7 Å².